The van der Waals surface area contributed by atoms with Gasteiger partial charge >= 0.3 is 0 Å². The normalized spacial score (nSPS) is 20.3. The van der Waals surface area contributed by atoms with Crippen LogP contribution in [-0.4, -0.2) is 124 Å². The van der Waals surface area contributed by atoms with Gasteiger partial charge in [-0.25, -0.2) is 4.39 Å². The van der Waals surface area contributed by atoms with Crippen molar-refractivity contribution in [2.45, 2.75) is 117 Å². The fraction of sp³-hybridized carbons (Fsp3) is 0.482. The number of aryl methyl sites for hydroxylation is 1. The zero-order valence-electron chi connectivity index (χ0n) is 42.4. The number of carbonyl (C=O) groups excluding carboxylic acids is 3. The summed E-state index contributed by atoms with van der Waals surface area (Å²) in [6.07, 6.45) is 13.2. The lowest BCUT2D eigenvalue weighted by Crippen LogP contribution is -2.40. The Morgan fingerprint density at radius 3 is 2.37 bits per heavy atom. The lowest BCUT2D eigenvalue weighted by Gasteiger charge is -2.37. The van der Waals surface area contributed by atoms with Gasteiger partial charge < -0.3 is 25.8 Å². The molecule has 0 radical (unpaired) electrons. The van der Waals surface area contributed by atoms with E-state index in [0.29, 0.717) is 62.2 Å². The molecular formula is C56H73FN10O3. The number of ketones is 1. The number of fused-ring (bicyclic) bond motifs is 1. The van der Waals surface area contributed by atoms with E-state index in [4.69, 9.17) is 5.10 Å². The lowest BCUT2D eigenvalue weighted by atomic mass is 9.87. The topological polar surface area (TPSA) is 131 Å². The first kappa shape index (κ1) is 50.3. The predicted octanol–water partition coefficient (Wildman–Crippen LogP) is 8.11. The third kappa shape index (κ3) is 11.6. The first-order valence-corrected chi connectivity index (χ1v) is 25.6. The molecule has 7 heterocycles. The Morgan fingerprint density at radius 2 is 1.66 bits per heavy atom. The first-order valence-electron chi connectivity index (χ1n) is 25.6. The van der Waals surface area contributed by atoms with Gasteiger partial charge in [-0.15, -0.1) is 0 Å². The minimum absolute atomic E-state index is 0.00191. The molecule has 13 nitrogen and oxygen atoms in total. The van der Waals surface area contributed by atoms with Crippen LogP contribution in [0.1, 0.15) is 128 Å². The molecule has 5 aliphatic heterocycles. The predicted molar refractivity (Wildman–Crippen MR) is 276 cm³/mol. The lowest BCUT2D eigenvalue weighted by molar-refractivity contribution is -0.123. The van der Waals surface area contributed by atoms with Gasteiger partial charge in [-0.05, 0) is 156 Å². The number of likely N-dealkylation sites (tertiary alicyclic amines) is 2. The third-order valence-corrected chi connectivity index (χ3v) is 15.2. The molecule has 70 heavy (non-hydrogen) atoms. The summed E-state index contributed by atoms with van der Waals surface area (Å²) in [5, 5.41) is 14.0. The van der Waals surface area contributed by atoms with Crippen LogP contribution in [0.2, 0.25) is 0 Å². The SMILES string of the molecule is CC.CNC1=CC=C(c2ccnc(C)c2/C=C(\C)C(C)N2CCC(c3ccc(C(=O)N4CCn5nc(CN6CCC(c7ccc(NC8CCC(=O)CNC8=O)cc7F)CC6)cc5C4)cc3)CC2)CN1C. The maximum atomic E-state index is 15.4. The monoisotopic (exact) mass is 953 g/mol. The molecule has 2 aromatic carbocycles. The van der Waals surface area contributed by atoms with Crippen LogP contribution < -0.4 is 16.0 Å². The van der Waals surface area contributed by atoms with Gasteiger partial charge in [-0.3, -0.25) is 33.8 Å². The summed E-state index contributed by atoms with van der Waals surface area (Å²) in [4.78, 5) is 51.8. The van der Waals surface area contributed by atoms with Crippen molar-refractivity contribution in [2.75, 3.05) is 65.2 Å². The second-order valence-corrected chi connectivity index (χ2v) is 19.6. The van der Waals surface area contributed by atoms with E-state index in [1.807, 2.05) is 60.9 Å². The Hall–Kier alpha value is -6.12. The van der Waals surface area contributed by atoms with E-state index in [-0.39, 0.29) is 35.9 Å². The number of nitrogens with zero attached hydrogens (tertiary/aromatic N) is 7. The molecule has 0 saturated carbocycles. The second-order valence-electron chi connectivity index (χ2n) is 19.6. The maximum Gasteiger partial charge on any atom is 0.254 e. The first-order chi connectivity index (χ1) is 33.9. The highest BCUT2D eigenvalue weighted by molar-refractivity contribution is 5.94. The van der Waals surface area contributed by atoms with Crippen molar-refractivity contribution < 1.29 is 18.8 Å². The smallest absolute Gasteiger partial charge is 0.254 e. The highest BCUT2D eigenvalue weighted by atomic mass is 19.1. The number of Topliss-reactive ketones (excluding diaryl/α,β-unsaturated/α-hetero) is 1. The Balaban J connectivity index is 0.00000325. The van der Waals surface area contributed by atoms with Crippen molar-refractivity contribution in [1.29, 1.82) is 0 Å². The standard InChI is InChI=1S/C54H67FN10O3.C2H6/c1-35(28-49-36(2)57-21-16-47(49)42-10-15-52(56-4)61(5)32-42)37(3)63-24-19-39(20-25-63)38-6-8-41(9-7-38)54(68)64-26-27-65-45(34-64)29-44(60-65)33-62-22-17-40(18-23-62)48-13-11-43(30-50(48)55)59-51-14-12-46(66)31-58-53(51)67;1-2/h6-11,13,15-16,21,28-30,37,39-40,51,56,59H,12,14,17-20,22-27,31-34H2,1-5H3,(H,58,67);1-2H3/b35-28+;. The molecule has 2 amide bonds. The number of halogens is 1. The zero-order valence-corrected chi connectivity index (χ0v) is 42.4. The van der Waals surface area contributed by atoms with Crippen molar-refractivity contribution in [2.24, 2.45) is 0 Å². The van der Waals surface area contributed by atoms with Gasteiger partial charge in [0.1, 0.15) is 17.7 Å². The summed E-state index contributed by atoms with van der Waals surface area (Å²) in [5.41, 5.74) is 11.4. The van der Waals surface area contributed by atoms with Gasteiger partial charge in [0, 0.05) is 74.9 Å². The van der Waals surface area contributed by atoms with Crippen LogP contribution in [0, 0.1) is 12.7 Å². The number of allylic oxidation sites excluding steroid dienone is 2. The van der Waals surface area contributed by atoms with Gasteiger partial charge in [-0.1, -0.05) is 49.8 Å². The van der Waals surface area contributed by atoms with Crippen molar-refractivity contribution in [3.63, 3.8) is 0 Å². The molecule has 0 bridgehead atoms. The van der Waals surface area contributed by atoms with Crippen LogP contribution in [-0.2, 0) is 29.2 Å². The zero-order chi connectivity index (χ0) is 49.5. The van der Waals surface area contributed by atoms with Gasteiger partial charge in [0.15, 0.2) is 5.78 Å². The van der Waals surface area contributed by atoms with Crippen LogP contribution in [0.3, 0.4) is 0 Å². The van der Waals surface area contributed by atoms with Gasteiger partial charge in [-0.2, -0.15) is 5.10 Å². The Morgan fingerprint density at radius 1 is 0.914 bits per heavy atom. The third-order valence-electron chi connectivity index (χ3n) is 15.2. The van der Waals surface area contributed by atoms with E-state index in [9.17, 15) is 14.4 Å². The maximum absolute atomic E-state index is 15.4. The van der Waals surface area contributed by atoms with E-state index in [1.165, 1.54) is 33.9 Å². The second kappa shape index (κ2) is 22.7. The van der Waals surface area contributed by atoms with Crippen LogP contribution in [0.15, 0.2) is 84.3 Å². The molecule has 2 atom stereocenters. The van der Waals surface area contributed by atoms with Crippen molar-refractivity contribution >= 4 is 34.9 Å². The number of piperidine rings is 2. The highest BCUT2D eigenvalue weighted by Gasteiger charge is 2.30. The summed E-state index contributed by atoms with van der Waals surface area (Å²) >= 11 is 0. The summed E-state index contributed by atoms with van der Waals surface area (Å²) in [5.74, 6) is 1.23. The number of anilines is 1. The fourth-order valence-corrected chi connectivity index (χ4v) is 10.9. The molecule has 2 aromatic heterocycles. The van der Waals surface area contributed by atoms with Gasteiger partial charge in [0.25, 0.3) is 5.91 Å². The van der Waals surface area contributed by atoms with Crippen molar-refractivity contribution in [3.8, 4) is 0 Å². The molecule has 3 saturated heterocycles. The summed E-state index contributed by atoms with van der Waals surface area (Å²) in [7, 11) is 4.07. The fourth-order valence-electron chi connectivity index (χ4n) is 10.9. The largest absolute Gasteiger partial charge is 0.375 e. The van der Waals surface area contributed by atoms with E-state index in [1.54, 1.807) is 0 Å². The molecule has 3 fully saturated rings. The quantitative estimate of drug-likeness (QED) is 0.128. The van der Waals surface area contributed by atoms with Crippen molar-refractivity contribution in [3.05, 3.63) is 135 Å². The number of amides is 2. The molecule has 4 aromatic rings. The average Bonchev–Trinajstić information content (AvgIpc) is 3.72. The minimum Gasteiger partial charge on any atom is -0.375 e. The molecule has 2 unspecified atom stereocenters. The van der Waals surface area contributed by atoms with Crippen LogP contribution in [0.5, 0.6) is 0 Å². The van der Waals surface area contributed by atoms with E-state index >= 15 is 4.39 Å². The number of hydrogen-bond donors (Lipinski definition) is 3. The molecule has 9 rings (SSSR count). The summed E-state index contributed by atoms with van der Waals surface area (Å²) < 4.78 is 17.5. The minimum atomic E-state index is -0.560. The number of aromatic nitrogens is 3. The number of likely N-dealkylation sites (N-methyl/N-ethyl adjacent to an activating group) is 1. The Bertz CT molecular complexity index is 2600. The van der Waals surface area contributed by atoms with Gasteiger partial charge in [0.2, 0.25) is 5.91 Å². The van der Waals surface area contributed by atoms with E-state index < -0.39 is 6.04 Å². The molecule has 3 N–H and O–H groups in total. The number of carbonyl (C=O) groups is 3. The number of pyridine rings is 1. The molecule has 14 heteroatoms. The Kier molecular flexibility index (Phi) is 16.3. The van der Waals surface area contributed by atoms with E-state index in [0.717, 1.165) is 86.9 Å². The summed E-state index contributed by atoms with van der Waals surface area (Å²) in [6, 6.07) is 17.5. The molecular weight excluding hydrogens is 880 g/mol. The van der Waals surface area contributed by atoms with Crippen LogP contribution >= 0.6 is 0 Å². The number of hydrogen-bond acceptors (Lipinski definition) is 10. The van der Waals surface area contributed by atoms with Crippen LogP contribution in [0.4, 0.5) is 10.1 Å². The number of nitrogens with one attached hydrogen (secondary N) is 3. The molecule has 0 aliphatic carbocycles. The van der Waals surface area contributed by atoms with Gasteiger partial charge in [0.05, 0.1) is 31.0 Å². The number of benzene rings is 2. The van der Waals surface area contributed by atoms with Crippen molar-refractivity contribution in [1.82, 2.24) is 45.0 Å². The molecule has 5 aliphatic rings. The molecule has 372 valence electrons. The Labute approximate surface area is 414 Å². The van der Waals surface area contributed by atoms with E-state index in [2.05, 4.69) is 106 Å². The average molecular weight is 953 g/mol. The van der Waals surface area contributed by atoms with Crippen LogP contribution in [0.25, 0.3) is 11.6 Å². The molecule has 0 spiro atoms. The summed E-state index contributed by atoms with van der Waals surface area (Å²) in [6.45, 7) is 17.8. The highest BCUT2D eigenvalue weighted by Crippen LogP contribution is 2.34. The number of rotatable bonds is 12.